The van der Waals surface area contributed by atoms with E-state index in [1.165, 1.54) is 37.8 Å². The summed E-state index contributed by atoms with van der Waals surface area (Å²) in [5, 5.41) is 3.53. The van der Waals surface area contributed by atoms with Crippen molar-refractivity contribution >= 4 is 0 Å². The van der Waals surface area contributed by atoms with Gasteiger partial charge in [-0.25, -0.2) is 8.78 Å². The molecule has 0 aromatic heterocycles. The molecule has 1 aliphatic rings. The Bertz CT molecular complexity index is 417. The molecule has 0 saturated heterocycles. The van der Waals surface area contributed by atoms with E-state index in [1.807, 2.05) is 0 Å². The first-order valence-electron chi connectivity index (χ1n) is 7.25. The van der Waals surface area contributed by atoms with Gasteiger partial charge in [-0.1, -0.05) is 32.8 Å². The number of rotatable bonds is 4. The number of hydrogen-bond donors (Lipinski definition) is 1. The van der Waals surface area contributed by atoms with Crippen molar-refractivity contribution in [2.75, 3.05) is 0 Å². The molecule has 0 heterocycles. The van der Waals surface area contributed by atoms with Crippen molar-refractivity contribution in [1.29, 1.82) is 0 Å². The van der Waals surface area contributed by atoms with Crippen LogP contribution in [0.15, 0.2) is 18.2 Å². The third-order valence-electron chi connectivity index (χ3n) is 4.23. The number of benzene rings is 1. The van der Waals surface area contributed by atoms with Crippen LogP contribution in [0.2, 0.25) is 0 Å². The molecule has 0 spiro atoms. The highest BCUT2D eigenvalue weighted by atomic mass is 19.2. The van der Waals surface area contributed by atoms with Crippen LogP contribution < -0.4 is 5.32 Å². The summed E-state index contributed by atoms with van der Waals surface area (Å²) in [6.45, 7) is 5.15. The molecular formula is C16H23F2N. The van der Waals surface area contributed by atoms with E-state index in [4.69, 9.17) is 0 Å². The van der Waals surface area contributed by atoms with Crippen LogP contribution in [-0.2, 0) is 6.54 Å². The minimum absolute atomic E-state index is 0.502. The quantitative estimate of drug-likeness (QED) is 0.859. The summed E-state index contributed by atoms with van der Waals surface area (Å²) in [6.07, 6.45) is 5.03. The summed E-state index contributed by atoms with van der Waals surface area (Å²) >= 11 is 0. The lowest BCUT2D eigenvalue weighted by molar-refractivity contribution is 0.204. The summed E-state index contributed by atoms with van der Waals surface area (Å²) in [7, 11) is 0. The Labute approximate surface area is 114 Å². The van der Waals surface area contributed by atoms with E-state index in [0.717, 1.165) is 5.56 Å². The van der Waals surface area contributed by atoms with Crippen molar-refractivity contribution in [1.82, 2.24) is 5.32 Å². The molecule has 2 unspecified atom stereocenters. The molecular weight excluding hydrogens is 244 g/mol. The Kier molecular flexibility index (Phi) is 4.92. The number of nitrogens with one attached hydrogen (secondary N) is 1. The van der Waals surface area contributed by atoms with E-state index < -0.39 is 11.6 Å². The van der Waals surface area contributed by atoms with Crippen LogP contribution in [0.3, 0.4) is 0 Å². The summed E-state index contributed by atoms with van der Waals surface area (Å²) in [6, 6.07) is 4.64. The second-order valence-corrected chi connectivity index (χ2v) is 5.93. The fraction of sp³-hybridized carbons (Fsp3) is 0.625. The molecule has 106 valence electrons. The zero-order chi connectivity index (χ0) is 13.8. The van der Waals surface area contributed by atoms with Gasteiger partial charge in [0.25, 0.3) is 0 Å². The number of hydrogen-bond acceptors (Lipinski definition) is 1. The molecule has 0 amide bonds. The first-order valence-corrected chi connectivity index (χ1v) is 7.25. The smallest absolute Gasteiger partial charge is 0.159 e. The van der Waals surface area contributed by atoms with Gasteiger partial charge in [-0.05, 0) is 42.4 Å². The zero-order valence-corrected chi connectivity index (χ0v) is 11.8. The van der Waals surface area contributed by atoms with Gasteiger partial charge in [-0.15, -0.1) is 0 Å². The van der Waals surface area contributed by atoms with Gasteiger partial charge in [-0.3, -0.25) is 0 Å². The van der Waals surface area contributed by atoms with Crippen molar-refractivity contribution in [2.45, 2.75) is 52.1 Å². The third kappa shape index (κ3) is 3.75. The van der Waals surface area contributed by atoms with Gasteiger partial charge >= 0.3 is 0 Å². The predicted molar refractivity (Wildman–Crippen MR) is 73.8 cm³/mol. The van der Waals surface area contributed by atoms with Crippen molar-refractivity contribution in [3.8, 4) is 0 Å². The minimum atomic E-state index is -0.776. The van der Waals surface area contributed by atoms with Crippen LogP contribution in [0.5, 0.6) is 0 Å². The maximum Gasteiger partial charge on any atom is 0.159 e. The van der Waals surface area contributed by atoms with Crippen molar-refractivity contribution < 1.29 is 8.78 Å². The summed E-state index contributed by atoms with van der Waals surface area (Å²) in [4.78, 5) is 0. The highest BCUT2D eigenvalue weighted by Crippen LogP contribution is 2.30. The van der Waals surface area contributed by atoms with Crippen LogP contribution in [0, 0.1) is 23.5 Å². The maximum atomic E-state index is 13.1. The molecule has 1 aromatic rings. The van der Waals surface area contributed by atoms with Gasteiger partial charge in [0.15, 0.2) is 11.6 Å². The molecule has 1 N–H and O–H groups in total. The fourth-order valence-corrected chi connectivity index (χ4v) is 3.11. The van der Waals surface area contributed by atoms with E-state index in [0.29, 0.717) is 24.4 Å². The molecule has 19 heavy (non-hydrogen) atoms. The average Bonchev–Trinajstić information content (AvgIpc) is 2.40. The molecule has 1 aromatic carbocycles. The molecule has 2 atom stereocenters. The van der Waals surface area contributed by atoms with Gasteiger partial charge in [-0.2, -0.15) is 0 Å². The van der Waals surface area contributed by atoms with Crippen LogP contribution in [0.25, 0.3) is 0 Å². The Morgan fingerprint density at radius 2 is 1.89 bits per heavy atom. The maximum absolute atomic E-state index is 13.1. The first-order chi connectivity index (χ1) is 9.08. The molecule has 1 nitrogen and oxygen atoms in total. The second kappa shape index (κ2) is 6.47. The summed E-state index contributed by atoms with van der Waals surface area (Å²) < 4.78 is 26.0. The molecule has 0 radical (unpaired) electrons. The normalized spacial score (nSPS) is 23.8. The Hall–Kier alpha value is -0.960. The van der Waals surface area contributed by atoms with Crippen LogP contribution >= 0.6 is 0 Å². The van der Waals surface area contributed by atoms with E-state index in [9.17, 15) is 8.78 Å². The molecule has 0 aliphatic heterocycles. The highest BCUT2D eigenvalue weighted by molar-refractivity contribution is 5.17. The minimum Gasteiger partial charge on any atom is -0.310 e. The summed E-state index contributed by atoms with van der Waals surface area (Å²) in [5.41, 5.74) is 0.812. The molecule has 2 rings (SSSR count). The van der Waals surface area contributed by atoms with Gasteiger partial charge in [0.1, 0.15) is 0 Å². The predicted octanol–water partition coefficient (Wildman–Crippen LogP) is 4.27. The summed E-state index contributed by atoms with van der Waals surface area (Å²) in [5.74, 6) is -0.174. The average molecular weight is 267 g/mol. The topological polar surface area (TPSA) is 12.0 Å². The largest absolute Gasteiger partial charge is 0.310 e. The van der Waals surface area contributed by atoms with E-state index in [-0.39, 0.29) is 0 Å². The number of halogens is 2. The van der Waals surface area contributed by atoms with Crippen LogP contribution in [0.1, 0.15) is 45.1 Å². The van der Waals surface area contributed by atoms with E-state index >= 15 is 0 Å². The van der Waals surface area contributed by atoms with Crippen LogP contribution in [0.4, 0.5) is 8.78 Å². The lowest BCUT2D eigenvalue weighted by Crippen LogP contribution is -2.40. The monoisotopic (exact) mass is 267 g/mol. The molecule has 0 bridgehead atoms. The Balaban J connectivity index is 1.94. The Morgan fingerprint density at radius 1 is 1.16 bits per heavy atom. The van der Waals surface area contributed by atoms with Gasteiger partial charge in [0.2, 0.25) is 0 Å². The Morgan fingerprint density at radius 3 is 2.58 bits per heavy atom. The van der Waals surface area contributed by atoms with Gasteiger partial charge in [0.05, 0.1) is 0 Å². The highest BCUT2D eigenvalue weighted by Gasteiger charge is 2.26. The molecule has 3 heteroatoms. The van der Waals surface area contributed by atoms with E-state index in [1.54, 1.807) is 6.07 Å². The van der Waals surface area contributed by atoms with Gasteiger partial charge in [0, 0.05) is 12.6 Å². The van der Waals surface area contributed by atoms with Crippen molar-refractivity contribution in [3.63, 3.8) is 0 Å². The zero-order valence-electron chi connectivity index (χ0n) is 11.8. The van der Waals surface area contributed by atoms with Crippen molar-refractivity contribution in [2.24, 2.45) is 11.8 Å². The molecule has 1 aliphatic carbocycles. The van der Waals surface area contributed by atoms with E-state index in [2.05, 4.69) is 19.2 Å². The SMILES string of the molecule is CC(C)C1CCCCC1NCc1ccc(F)c(F)c1. The van der Waals surface area contributed by atoms with Gasteiger partial charge < -0.3 is 5.32 Å². The third-order valence-corrected chi connectivity index (χ3v) is 4.23. The molecule has 1 saturated carbocycles. The van der Waals surface area contributed by atoms with Crippen molar-refractivity contribution in [3.05, 3.63) is 35.4 Å². The standard InChI is InChI=1S/C16H23F2N/c1-11(2)13-5-3-4-6-16(13)19-10-12-7-8-14(17)15(18)9-12/h7-9,11,13,16,19H,3-6,10H2,1-2H3. The van der Waals surface area contributed by atoms with Crippen LogP contribution in [-0.4, -0.2) is 6.04 Å². The lowest BCUT2D eigenvalue weighted by Gasteiger charge is -2.35. The fourth-order valence-electron chi connectivity index (χ4n) is 3.11. The second-order valence-electron chi connectivity index (χ2n) is 5.93. The lowest BCUT2D eigenvalue weighted by atomic mass is 9.78. The molecule has 1 fully saturated rings. The first kappa shape index (κ1) is 14.4.